The third-order valence-corrected chi connectivity index (χ3v) is 3.77. The van der Waals surface area contributed by atoms with E-state index in [-0.39, 0.29) is 17.9 Å². The number of benzene rings is 2. The highest BCUT2D eigenvalue weighted by atomic mass is 79.9. The molecule has 2 aromatic rings. The zero-order valence-corrected chi connectivity index (χ0v) is 16.0. The Balaban J connectivity index is 2.21. The minimum Gasteiger partial charge on any atom is -0.490 e. The van der Waals surface area contributed by atoms with Crippen LogP contribution in [0.2, 0.25) is 0 Å². The zero-order chi connectivity index (χ0) is 18.4. The van der Waals surface area contributed by atoms with Gasteiger partial charge in [0.05, 0.1) is 11.7 Å². The summed E-state index contributed by atoms with van der Waals surface area (Å²) < 4.78 is 6.50. The number of carbonyl (C=O) groups is 2. The first kappa shape index (κ1) is 19.0. The van der Waals surface area contributed by atoms with Gasteiger partial charge in [-0.3, -0.25) is 9.59 Å². The monoisotopic (exact) mass is 404 g/mol. The van der Waals surface area contributed by atoms with Gasteiger partial charge < -0.3 is 15.4 Å². The molecule has 132 valence electrons. The van der Waals surface area contributed by atoms with Gasteiger partial charge >= 0.3 is 0 Å². The molecule has 0 atom stereocenters. The second kappa shape index (κ2) is 8.67. The number of ether oxygens (including phenoxy) is 1. The van der Waals surface area contributed by atoms with Gasteiger partial charge in [-0.05, 0) is 50.2 Å². The number of nitrogens with one attached hydrogen (secondary N) is 2. The Morgan fingerprint density at radius 2 is 1.76 bits per heavy atom. The number of rotatable bonds is 6. The molecule has 0 heterocycles. The molecule has 2 aromatic carbocycles. The quantitative estimate of drug-likeness (QED) is 0.723. The zero-order valence-electron chi connectivity index (χ0n) is 14.4. The molecule has 2 N–H and O–H groups in total. The first-order chi connectivity index (χ1) is 11.9. The highest BCUT2D eigenvalue weighted by Gasteiger charge is 2.15. The summed E-state index contributed by atoms with van der Waals surface area (Å²) in [5.74, 6) is 0.158. The second-order valence-corrected chi connectivity index (χ2v) is 6.66. The lowest BCUT2D eigenvalue weighted by atomic mass is 10.1. The normalized spacial score (nSPS) is 10.4. The Bertz CT molecular complexity index is 775. The summed E-state index contributed by atoms with van der Waals surface area (Å²) >= 11 is 3.38. The Kier molecular flexibility index (Phi) is 6.58. The van der Waals surface area contributed by atoms with Crippen molar-refractivity contribution in [3.63, 3.8) is 0 Å². The van der Waals surface area contributed by atoms with Gasteiger partial charge in [-0.2, -0.15) is 0 Å². The van der Waals surface area contributed by atoms with E-state index >= 15 is 0 Å². The average molecular weight is 405 g/mol. The van der Waals surface area contributed by atoms with Crippen LogP contribution in [0.1, 0.15) is 37.6 Å². The summed E-state index contributed by atoms with van der Waals surface area (Å²) in [4.78, 5) is 24.2. The van der Waals surface area contributed by atoms with E-state index in [4.69, 9.17) is 4.74 Å². The maximum absolute atomic E-state index is 12.7. The van der Waals surface area contributed by atoms with E-state index in [0.29, 0.717) is 29.1 Å². The van der Waals surface area contributed by atoms with Gasteiger partial charge in [-0.15, -0.1) is 0 Å². The summed E-state index contributed by atoms with van der Waals surface area (Å²) in [6.45, 7) is 5.59. The molecular formula is C19H21BrN2O3. The van der Waals surface area contributed by atoms with Crippen LogP contribution >= 0.6 is 15.9 Å². The Morgan fingerprint density at radius 3 is 2.40 bits per heavy atom. The maximum Gasteiger partial charge on any atom is 0.259 e. The van der Waals surface area contributed by atoms with Crippen LogP contribution in [0.3, 0.4) is 0 Å². The predicted molar refractivity (Wildman–Crippen MR) is 103 cm³/mol. The van der Waals surface area contributed by atoms with Crippen molar-refractivity contribution in [1.29, 1.82) is 0 Å². The van der Waals surface area contributed by atoms with Crippen LogP contribution in [0, 0.1) is 0 Å². The first-order valence-corrected chi connectivity index (χ1v) is 8.85. The molecular weight excluding hydrogens is 384 g/mol. The lowest BCUT2D eigenvalue weighted by Gasteiger charge is -2.15. The van der Waals surface area contributed by atoms with Crippen LogP contribution in [0.15, 0.2) is 46.9 Å². The van der Waals surface area contributed by atoms with E-state index in [1.807, 2.05) is 19.9 Å². The molecule has 0 saturated carbocycles. The number of hydrogen-bond donors (Lipinski definition) is 2. The molecule has 0 bridgehead atoms. The van der Waals surface area contributed by atoms with Gasteiger partial charge in [0.25, 0.3) is 5.91 Å². The van der Waals surface area contributed by atoms with Crippen molar-refractivity contribution < 1.29 is 14.3 Å². The van der Waals surface area contributed by atoms with E-state index in [1.54, 1.807) is 43.3 Å². The van der Waals surface area contributed by atoms with Crippen LogP contribution in [0.4, 0.5) is 11.4 Å². The molecule has 0 aliphatic rings. The molecule has 2 amide bonds. The molecule has 0 fully saturated rings. The summed E-state index contributed by atoms with van der Waals surface area (Å²) in [5, 5.41) is 5.61. The van der Waals surface area contributed by atoms with Crippen molar-refractivity contribution in [3.05, 3.63) is 52.5 Å². The van der Waals surface area contributed by atoms with Crippen molar-refractivity contribution >= 4 is 39.1 Å². The highest BCUT2D eigenvalue weighted by Crippen LogP contribution is 2.26. The van der Waals surface area contributed by atoms with Crippen LogP contribution in [0.5, 0.6) is 5.75 Å². The average Bonchev–Trinajstić information content (AvgIpc) is 2.56. The molecule has 0 aliphatic carbocycles. The number of carbonyl (C=O) groups excluding carboxylic acids is 2. The fourth-order valence-electron chi connectivity index (χ4n) is 2.16. The van der Waals surface area contributed by atoms with Gasteiger partial charge in [0, 0.05) is 22.3 Å². The molecule has 6 heteroatoms. The molecule has 25 heavy (non-hydrogen) atoms. The molecule has 0 aliphatic heterocycles. The van der Waals surface area contributed by atoms with E-state index in [2.05, 4.69) is 26.6 Å². The van der Waals surface area contributed by atoms with Crippen LogP contribution in [-0.2, 0) is 4.79 Å². The molecule has 0 unspecified atom stereocenters. The summed E-state index contributed by atoms with van der Waals surface area (Å²) in [6.07, 6.45) is 0.352. The third kappa shape index (κ3) is 5.60. The lowest BCUT2D eigenvalue weighted by molar-refractivity contribution is -0.115. The van der Waals surface area contributed by atoms with Crippen molar-refractivity contribution in [2.24, 2.45) is 0 Å². The second-order valence-electron chi connectivity index (χ2n) is 5.74. The Labute approximate surface area is 155 Å². The van der Waals surface area contributed by atoms with E-state index < -0.39 is 0 Å². The largest absolute Gasteiger partial charge is 0.490 e. The fraction of sp³-hybridized carbons (Fsp3) is 0.263. The fourth-order valence-corrected chi connectivity index (χ4v) is 2.52. The Hall–Kier alpha value is -2.34. The van der Waals surface area contributed by atoms with Crippen LogP contribution in [0.25, 0.3) is 0 Å². The van der Waals surface area contributed by atoms with Gasteiger partial charge in [-0.1, -0.05) is 28.9 Å². The SMILES string of the molecule is CCC(=O)Nc1cccc(NC(=O)c2cc(Br)ccc2OC(C)C)c1. The third-order valence-electron chi connectivity index (χ3n) is 3.27. The summed E-state index contributed by atoms with van der Waals surface area (Å²) in [6, 6.07) is 12.3. The van der Waals surface area contributed by atoms with E-state index in [0.717, 1.165) is 4.47 Å². The van der Waals surface area contributed by atoms with Crippen molar-refractivity contribution in [3.8, 4) is 5.75 Å². The number of hydrogen-bond acceptors (Lipinski definition) is 3. The van der Waals surface area contributed by atoms with Crippen molar-refractivity contribution in [2.75, 3.05) is 10.6 Å². The molecule has 0 aromatic heterocycles. The van der Waals surface area contributed by atoms with E-state index in [9.17, 15) is 9.59 Å². The Morgan fingerprint density at radius 1 is 1.08 bits per heavy atom. The van der Waals surface area contributed by atoms with Gasteiger partial charge in [-0.25, -0.2) is 0 Å². The highest BCUT2D eigenvalue weighted by molar-refractivity contribution is 9.10. The summed E-state index contributed by atoms with van der Waals surface area (Å²) in [7, 11) is 0. The first-order valence-electron chi connectivity index (χ1n) is 8.06. The minimum atomic E-state index is -0.282. The topological polar surface area (TPSA) is 67.4 Å². The van der Waals surface area contributed by atoms with E-state index in [1.165, 1.54) is 0 Å². The minimum absolute atomic E-state index is 0.0414. The maximum atomic E-state index is 12.7. The van der Waals surface area contributed by atoms with Crippen LogP contribution in [-0.4, -0.2) is 17.9 Å². The van der Waals surface area contributed by atoms with Gasteiger partial charge in [0.15, 0.2) is 0 Å². The number of halogens is 1. The standard InChI is InChI=1S/C19H21BrN2O3/c1-4-18(23)21-14-6-5-7-15(11-14)22-19(24)16-10-13(20)8-9-17(16)25-12(2)3/h5-12H,4H2,1-3H3,(H,21,23)(H,22,24). The number of anilines is 2. The molecule has 2 rings (SSSR count). The molecule has 0 saturated heterocycles. The molecule has 5 nitrogen and oxygen atoms in total. The smallest absolute Gasteiger partial charge is 0.259 e. The lowest BCUT2D eigenvalue weighted by Crippen LogP contribution is -2.16. The van der Waals surface area contributed by atoms with Gasteiger partial charge in [0.2, 0.25) is 5.91 Å². The van der Waals surface area contributed by atoms with Crippen molar-refractivity contribution in [2.45, 2.75) is 33.3 Å². The molecule has 0 spiro atoms. The van der Waals surface area contributed by atoms with Gasteiger partial charge in [0.1, 0.15) is 5.75 Å². The number of amides is 2. The molecule has 0 radical (unpaired) electrons. The van der Waals surface area contributed by atoms with Crippen LogP contribution < -0.4 is 15.4 Å². The summed E-state index contributed by atoms with van der Waals surface area (Å²) in [5.41, 5.74) is 1.66. The van der Waals surface area contributed by atoms with Crippen molar-refractivity contribution in [1.82, 2.24) is 0 Å². The predicted octanol–water partition coefficient (Wildman–Crippen LogP) is 4.84.